The predicted octanol–water partition coefficient (Wildman–Crippen LogP) is 3.79. The monoisotopic (exact) mass is 308 g/mol. The summed E-state index contributed by atoms with van der Waals surface area (Å²) in [5, 5.41) is 18.5. The van der Waals surface area contributed by atoms with Crippen molar-refractivity contribution in [1.29, 1.82) is 10.5 Å². The highest BCUT2D eigenvalue weighted by atomic mass is 32.2. The van der Waals surface area contributed by atoms with Crippen molar-refractivity contribution >= 4 is 15.3 Å². The third kappa shape index (κ3) is 3.97. The van der Waals surface area contributed by atoms with Gasteiger partial charge in [0, 0.05) is 4.90 Å². The first-order valence-corrected chi connectivity index (χ1v) is 8.24. The third-order valence-electron chi connectivity index (χ3n) is 3.23. The van der Waals surface area contributed by atoms with E-state index in [1.165, 1.54) is 5.56 Å². The fourth-order valence-electron chi connectivity index (χ4n) is 2.08. The molecule has 1 unspecified atom stereocenters. The Kier molecular flexibility index (Phi) is 5.77. The first-order valence-electron chi connectivity index (χ1n) is 6.84. The van der Waals surface area contributed by atoms with Gasteiger partial charge in [0.1, 0.15) is 17.9 Å². The van der Waals surface area contributed by atoms with Gasteiger partial charge in [-0.1, -0.05) is 30.3 Å². The summed E-state index contributed by atoms with van der Waals surface area (Å²) in [6, 6.07) is 21.8. The minimum absolute atomic E-state index is 0.279. The lowest BCUT2D eigenvalue weighted by molar-refractivity contribution is 0.414. The average molecular weight is 308 g/mol. The van der Waals surface area contributed by atoms with Crippen LogP contribution in [-0.2, 0) is 6.42 Å². The second kappa shape index (κ2) is 8.02. The topological polar surface area (TPSA) is 56.8 Å². The first-order chi connectivity index (χ1) is 10.8. The minimum atomic E-state index is -0.498. The van der Waals surface area contributed by atoms with E-state index in [0.717, 1.165) is 22.8 Å². The summed E-state index contributed by atoms with van der Waals surface area (Å²) in [7, 11) is 1.12. The molecule has 0 spiro atoms. The number of hydrogen-bond donors (Lipinski definition) is 0. The Labute approximate surface area is 133 Å². The Morgan fingerprint density at radius 3 is 2.18 bits per heavy atom. The van der Waals surface area contributed by atoms with Crippen molar-refractivity contribution in [3.8, 4) is 17.9 Å². The Morgan fingerprint density at radius 1 is 1.00 bits per heavy atom. The number of aryl methyl sites for hydroxylation is 1. The molecule has 1 atom stereocenters. The lowest BCUT2D eigenvalue weighted by Gasteiger charge is -2.11. The number of methoxy groups -OCH3 is 1. The molecule has 2 rings (SSSR count). The zero-order chi connectivity index (χ0) is 15.8. The minimum Gasteiger partial charge on any atom is -0.497 e. The van der Waals surface area contributed by atoms with E-state index in [2.05, 4.69) is 24.3 Å². The van der Waals surface area contributed by atoms with E-state index in [-0.39, 0.29) is 4.86 Å². The smallest absolute Gasteiger partial charge is 0.157 e. The Morgan fingerprint density at radius 2 is 1.64 bits per heavy atom. The number of nitrogens with zero attached hydrogens (tertiary/aromatic N) is 2. The number of benzene rings is 2. The van der Waals surface area contributed by atoms with Crippen LogP contribution in [0.25, 0.3) is 0 Å². The van der Waals surface area contributed by atoms with Crippen LogP contribution in [0, 0.1) is 22.7 Å². The van der Waals surface area contributed by atoms with E-state index < -0.39 is 10.5 Å². The molecule has 0 bridgehead atoms. The highest BCUT2D eigenvalue weighted by Crippen LogP contribution is 2.30. The van der Waals surface area contributed by atoms with E-state index in [1.807, 2.05) is 42.5 Å². The number of hydrogen-bond acceptors (Lipinski definition) is 3. The van der Waals surface area contributed by atoms with E-state index in [9.17, 15) is 10.5 Å². The summed E-state index contributed by atoms with van der Waals surface area (Å²) in [6.45, 7) is 0. The SMILES string of the molecule is COc1ccc(S(CCc2ccccc2)=C(C#N)C#N)cc1. The maximum absolute atomic E-state index is 9.23. The fourth-order valence-corrected chi connectivity index (χ4v) is 3.88. The molecule has 0 aliphatic heterocycles. The molecule has 0 fully saturated rings. The van der Waals surface area contributed by atoms with Crippen LogP contribution < -0.4 is 4.74 Å². The van der Waals surface area contributed by atoms with Crippen LogP contribution in [0.3, 0.4) is 0 Å². The molecule has 3 nitrogen and oxygen atoms in total. The zero-order valence-corrected chi connectivity index (χ0v) is 13.1. The molecule has 0 aliphatic rings. The van der Waals surface area contributed by atoms with Crippen LogP contribution in [0.4, 0.5) is 0 Å². The molecule has 0 aliphatic carbocycles. The molecule has 0 N–H and O–H groups in total. The van der Waals surface area contributed by atoms with E-state index in [1.54, 1.807) is 7.11 Å². The highest BCUT2D eigenvalue weighted by Gasteiger charge is 2.08. The molecular formula is C18H16N2OS. The van der Waals surface area contributed by atoms with Crippen LogP contribution in [0.2, 0.25) is 0 Å². The molecule has 110 valence electrons. The van der Waals surface area contributed by atoms with Crippen molar-refractivity contribution in [2.75, 3.05) is 12.9 Å². The van der Waals surface area contributed by atoms with E-state index in [0.29, 0.717) is 0 Å². The van der Waals surface area contributed by atoms with Gasteiger partial charge in [0.2, 0.25) is 0 Å². The van der Waals surface area contributed by atoms with Gasteiger partial charge in [0.25, 0.3) is 0 Å². The predicted molar refractivity (Wildman–Crippen MR) is 90.1 cm³/mol. The maximum Gasteiger partial charge on any atom is 0.157 e. The summed E-state index contributed by atoms with van der Waals surface area (Å²) < 4.78 is 5.16. The molecule has 0 saturated carbocycles. The second-order valence-corrected chi connectivity index (χ2v) is 6.63. The van der Waals surface area contributed by atoms with Crippen molar-refractivity contribution in [3.05, 3.63) is 60.2 Å². The molecule has 0 heterocycles. The van der Waals surface area contributed by atoms with Crippen LogP contribution in [-0.4, -0.2) is 17.7 Å². The van der Waals surface area contributed by atoms with Gasteiger partial charge in [-0.05, 0) is 42.0 Å². The number of nitriles is 2. The summed E-state index contributed by atoms with van der Waals surface area (Å²) in [4.78, 5) is 1.27. The molecule has 0 saturated heterocycles. The maximum atomic E-state index is 9.23. The van der Waals surface area contributed by atoms with Gasteiger partial charge >= 0.3 is 0 Å². The van der Waals surface area contributed by atoms with Gasteiger partial charge in [-0.3, -0.25) is 0 Å². The van der Waals surface area contributed by atoms with Gasteiger partial charge < -0.3 is 4.74 Å². The normalized spacial score (nSPS) is 11.0. The van der Waals surface area contributed by atoms with Crippen molar-refractivity contribution in [2.24, 2.45) is 0 Å². The molecule has 22 heavy (non-hydrogen) atoms. The quantitative estimate of drug-likeness (QED) is 0.790. The summed E-state index contributed by atoms with van der Waals surface area (Å²) in [5.41, 5.74) is 1.21. The lowest BCUT2D eigenvalue weighted by Crippen LogP contribution is -1.98. The third-order valence-corrected chi connectivity index (χ3v) is 5.36. The molecular weight excluding hydrogens is 292 g/mol. The zero-order valence-electron chi connectivity index (χ0n) is 12.3. The van der Waals surface area contributed by atoms with Gasteiger partial charge in [0.15, 0.2) is 4.86 Å². The Balaban J connectivity index is 2.30. The van der Waals surface area contributed by atoms with Crippen molar-refractivity contribution in [3.63, 3.8) is 0 Å². The average Bonchev–Trinajstić information content (AvgIpc) is 2.59. The molecule has 0 aromatic heterocycles. The number of ether oxygens (including phenoxy) is 1. The first kappa shape index (κ1) is 15.8. The van der Waals surface area contributed by atoms with Gasteiger partial charge in [-0.15, -0.1) is 10.5 Å². The van der Waals surface area contributed by atoms with Crippen molar-refractivity contribution in [1.82, 2.24) is 0 Å². The molecule has 4 heteroatoms. The van der Waals surface area contributed by atoms with Gasteiger partial charge in [-0.2, -0.15) is 10.5 Å². The largest absolute Gasteiger partial charge is 0.497 e. The van der Waals surface area contributed by atoms with E-state index in [4.69, 9.17) is 4.74 Å². The standard InChI is InChI=1S/C18H16N2OS/c1-21-16-7-9-17(10-8-16)22(18(13-19)14-20)12-11-15-5-3-2-4-6-15/h2-10H,11-12H2,1H3. The summed E-state index contributed by atoms with van der Waals surface area (Å²) in [6.07, 6.45) is 0.836. The van der Waals surface area contributed by atoms with Crippen LogP contribution >= 0.6 is 10.5 Å². The van der Waals surface area contributed by atoms with Crippen molar-refractivity contribution in [2.45, 2.75) is 11.3 Å². The molecule has 2 aromatic rings. The van der Waals surface area contributed by atoms with E-state index >= 15 is 0 Å². The summed E-state index contributed by atoms with van der Waals surface area (Å²) in [5.74, 6) is 1.53. The fraction of sp³-hybridized carbons (Fsp3) is 0.167. The van der Waals surface area contributed by atoms with Gasteiger partial charge in [-0.25, -0.2) is 0 Å². The number of rotatable bonds is 5. The van der Waals surface area contributed by atoms with Gasteiger partial charge in [0.05, 0.1) is 7.11 Å². The van der Waals surface area contributed by atoms with Crippen molar-refractivity contribution < 1.29 is 4.74 Å². The van der Waals surface area contributed by atoms with Crippen LogP contribution in [0.15, 0.2) is 59.5 Å². The molecule has 0 radical (unpaired) electrons. The second-order valence-electron chi connectivity index (χ2n) is 4.56. The molecule has 0 amide bonds. The Hall–Kier alpha value is -2.56. The van der Waals surface area contributed by atoms with Crippen LogP contribution in [0.5, 0.6) is 5.75 Å². The van der Waals surface area contributed by atoms with Crippen LogP contribution in [0.1, 0.15) is 5.56 Å². The highest BCUT2D eigenvalue weighted by molar-refractivity contribution is 8.16. The Bertz CT molecular complexity index is 721. The molecule has 2 aromatic carbocycles. The lowest BCUT2D eigenvalue weighted by atomic mass is 10.2. The summed E-state index contributed by atoms with van der Waals surface area (Å²) >= 11 is 0.